The van der Waals surface area contributed by atoms with Crippen molar-refractivity contribution in [1.29, 1.82) is 0 Å². The number of rotatable bonds is 3. The fourth-order valence-corrected chi connectivity index (χ4v) is 3.70. The van der Waals surface area contributed by atoms with Crippen molar-refractivity contribution in [2.24, 2.45) is 0 Å². The van der Waals surface area contributed by atoms with E-state index < -0.39 is 0 Å². The van der Waals surface area contributed by atoms with Crippen molar-refractivity contribution in [3.05, 3.63) is 36.4 Å². The topological polar surface area (TPSA) is 32.3 Å². The summed E-state index contributed by atoms with van der Waals surface area (Å²) in [5.74, 6) is 2.01. The van der Waals surface area contributed by atoms with Crippen molar-refractivity contribution >= 4 is 11.8 Å². The normalized spacial score (nSPS) is 18.7. The van der Waals surface area contributed by atoms with Crippen LogP contribution in [0.2, 0.25) is 0 Å². The van der Waals surface area contributed by atoms with Crippen LogP contribution in [0.1, 0.15) is 38.5 Å². The Morgan fingerprint density at radius 3 is 2.00 bits per heavy atom. The van der Waals surface area contributed by atoms with Crippen molar-refractivity contribution in [2.45, 2.75) is 38.5 Å². The molecule has 2 fully saturated rings. The average molecular weight is 322 g/mol. The van der Waals surface area contributed by atoms with Gasteiger partial charge in [-0.2, -0.15) is 4.98 Å². The number of hydrogen-bond acceptors (Lipinski definition) is 4. The maximum Gasteiger partial charge on any atom is 0.227 e. The van der Waals surface area contributed by atoms with Crippen LogP contribution < -0.4 is 9.80 Å². The van der Waals surface area contributed by atoms with E-state index in [2.05, 4.69) is 46.2 Å². The lowest BCUT2D eigenvalue weighted by Crippen LogP contribution is -2.27. The monoisotopic (exact) mass is 322 g/mol. The van der Waals surface area contributed by atoms with Crippen LogP contribution >= 0.6 is 0 Å². The van der Waals surface area contributed by atoms with Crippen molar-refractivity contribution in [2.75, 3.05) is 36.0 Å². The molecule has 2 aliphatic rings. The Bertz CT molecular complexity index is 657. The van der Waals surface area contributed by atoms with Crippen LogP contribution in [0.4, 0.5) is 11.8 Å². The summed E-state index contributed by atoms with van der Waals surface area (Å²) in [6.45, 7) is 4.39. The van der Waals surface area contributed by atoms with Gasteiger partial charge in [0, 0.05) is 37.8 Å². The lowest BCUT2D eigenvalue weighted by atomic mass is 10.1. The van der Waals surface area contributed by atoms with Gasteiger partial charge in [0.25, 0.3) is 0 Å². The van der Waals surface area contributed by atoms with E-state index in [9.17, 15) is 0 Å². The first-order valence-corrected chi connectivity index (χ1v) is 9.34. The molecule has 2 aliphatic heterocycles. The summed E-state index contributed by atoms with van der Waals surface area (Å²) in [5, 5.41) is 0. The summed E-state index contributed by atoms with van der Waals surface area (Å²) in [4.78, 5) is 14.6. The summed E-state index contributed by atoms with van der Waals surface area (Å²) < 4.78 is 0. The molecule has 0 aliphatic carbocycles. The van der Waals surface area contributed by atoms with Gasteiger partial charge in [-0.05, 0) is 25.7 Å². The third-order valence-electron chi connectivity index (χ3n) is 5.09. The molecule has 0 amide bonds. The first kappa shape index (κ1) is 15.4. The van der Waals surface area contributed by atoms with Gasteiger partial charge in [-0.3, -0.25) is 0 Å². The minimum atomic E-state index is 0.910. The van der Waals surface area contributed by atoms with Crippen LogP contribution in [0.5, 0.6) is 0 Å². The molecule has 0 saturated carbocycles. The lowest BCUT2D eigenvalue weighted by molar-refractivity contribution is 0.726. The Balaban J connectivity index is 1.72. The first-order chi connectivity index (χ1) is 11.9. The Morgan fingerprint density at radius 2 is 1.29 bits per heavy atom. The molecule has 0 N–H and O–H groups in total. The second-order valence-corrected chi connectivity index (χ2v) is 6.87. The Hall–Kier alpha value is -2.10. The van der Waals surface area contributed by atoms with Crippen LogP contribution in [-0.2, 0) is 0 Å². The number of benzene rings is 1. The maximum atomic E-state index is 4.95. The van der Waals surface area contributed by atoms with Gasteiger partial charge in [0.1, 0.15) is 5.82 Å². The first-order valence-electron chi connectivity index (χ1n) is 9.34. The molecule has 0 radical (unpaired) electrons. The molecule has 0 atom stereocenters. The van der Waals surface area contributed by atoms with E-state index in [1.807, 2.05) is 0 Å². The molecular formula is C20H26N4. The van der Waals surface area contributed by atoms with Gasteiger partial charge >= 0.3 is 0 Å². The van der Waals surface area contributed by atoms with Crippen molar-refractivity contribution in [3.8, 4) is 11.3 Å². The molecule has 0 unspecified atom stereocenters. The number of aromatic nitrogens is 2. The van der Waals surface area contributed by atoms with Crippen LogP contribution in [0.25, 0.3) is 11.3 Å². The van der Waals surface area contributed by atoms with Crippen molar-refractivity contribution in [1.82, 2.24) is 9.97 Å². The largest absolute Gasteiger partial charge is 0.356 e. The molecule has 126 valence electrons. The molecular weight excluding hydrogens is 296 g/mol. The highest BCUT2D eigenvalue weighted by Gasteiger charge is 2.19. The highest BCUT2D eigenvalue weighted by molar-refractivity contribution is 5.65. The minimum Gasteiger partial charge on any atom is -0.356 e. The molecule has 2 saturated heterocycles. The number of hydrogen-bond donors (Lipinski definition) is 0. The zero-order valence-electron chi connectivity index (χ0n) is 14.3. The zero-order valence-corrected chi connectivity index (χ0v) is 14.3. The molecule has 3 heterocycles. The van der Waals surface area contributed by atoms with E-state index in [0.717, 1.165) is 43.6 Å². The molecule has 0 bridgehead atoms. The van der Waals surface area contributed by atoms with E-state index in [1.165, 1.54) is 44.1 Å². The summed E-state index contributed by atoms with van der Waals surface area (Å²) in [6.07, 6.45) is 7.71. The third-order valence-corrected chi connectivity index (χ3v) is 5.09. The summed E-state index contributed by atoms with van der Waals surface area (Å²) in [5.41, 5.74) is 2.23. The lowest BCUT2D eigenvalue weighted by Gasteiger charge is -2.24. The predicted octanol–water partition coefficient (Wildman–Crippen LogP) is 4.12. The summed E-state index contributed by atoms with van der Waals surface area (Å²) >= 11 is 0. The third kappa shape index (κ3) is 3.37. The summed E-state index contributed by atoms with van der Waals surface area (Å²) in [7, 11) is 0. The standard InChI is InChI=1S/C20H26N4/c1-2-7-13-23(12-6-1)19-16-18(17-10-4-3-5-11-17)21-20(22-19)24-14-8-9-15-24/h3-5,10-11,16H,1-2,6-9,12-15H2. The quantitative estimate of drug-likeness (QED) is 0.851. The van der Waals surface area contributed by atoms with Crippen LogP contribution in [0.3, 0.4) is 0 Å². The fraction of sp³-hybridized carbons (Fsp3) is 0.500. The Morgan fingerprint density at radius 1 is 0.667 bits per heavy atom. The molecule has 1 aromatic carbocycles. The van der Waals surface area contributed by atoms with Crippen LogP contribution in [0, 0.1) is 0 Å². The van der Waals surface area contributed by atoms with Crippen molar-refractivity contribution < 1.29 is 0 Å². The van der Waals surface area contributed by atoms with E-state index in [-0.39, 0.29) is 0 Å². The van der Waals surface area contributed by atoms with E-state index >= 15 is 0 Å². The molecule has 2 aromatic rings. The van der Waals surface area contributed by atoms with Gasteiger partial charge in [-0.1, -0.05) is 43.2 Å². The van der Waals surface area contributed by atoms with Gasteiger partial charge in [-0.15, -0.1) is 0 Å². The molecule has 0 spiro atoms. The fourth-order valence-electron chi connectivity index (χ4n) is 3.70. The van der Waals surface area contributed by atoms with E-state index in [1.54, 1.807) is 0 Å². The zero-order chi connectivity index (χ0) is 16.2. The number of nitrogens with zero attached hydrogens (tertiary/aromatic N) is 4. The minimum absolute atomic E-state index is 0.910. The molecule has 4 nitrogen and oxygen atoms in total. The van der Waals surface area contributed by atoms with Gasteiger partial charge < -0.3 is 9.80 Å². The Labute approximate surface area is 144 Å². The highest BCUT2D eigenvalue weighted by Crippen LogP contribution is 2.27. The molecule has 24 heavy (non-hydrogen) atoms. The van der Waals surface area contributed by atoms with Crippen LogP contribution in [-0.4, -0.2) is 36.1 Å². The molecule has 1 aromatic heterocycles. The smallest absolute Gasteiger partial charge is 0.227 e. The van der Waals surface area contributed by atoms with Gasteiger partial charge in [0.15, 0.2) is 0 Å². The predicted molar refractivity (Wildman–Crippen MR) is 99.6 cm³/mol. The second kappa shape index (κ2) is 7.20. The van der Waals surface area contributed by atoms with Crippen LogP contribution in [0.15, 0.2) is 36.4 Å². The maximum absolute atomic E-state index is 4.95. The Kier molecular flexibility index (Phi) is 4.63. The SMILES string of the molecule is c1ccc(-c2cc(N3CCCCCC3)nc(N3CCCC3)n2)cc1. The highest BCUT2D eigenvalue weighted by atomic mass is 15.3. The van der Waals surface area contributed by atoms with E-state index in [4.69, 9.17) is 9.97 Å². The summed E-state index contributed by atoms with van der Waals surface area (Å²) in [6, 6.07) is 12.7. The average Bonchev–Trinajstić information content (AvgIpc) is 3.05. The van der Waals surface area contributed by atoms with Crippen molar-refractivity contribution in [3.63, 3.8) is 0 Å². The molecule has 4 rings (SSSR count). The van der Waals surface area contributed by atoms with Gasteiger partial charge in [0.2, 0.25) is 5.95 Å². The second-order valence-electron chi connectivity index (χ2n) is 6.87. The number of anilines is 2. The van der Waals surface area contributed by atoms with Gasteiger partial charge in [0.05, 0.1) is 5.69 Å². The van der Waals surface area contributed by atoms with Gasteiger partial charge in [-0.25, -0.2) is 4.98 Å². The van der Waals surface area contributed by atoms with E-state index in [0.29, 0.717) is 0 Å². The molecule has 4 heteroatoms.